The SMILES string of the molecule is CC1CN=CC(C)(C#N)N1C(C)(C)C#N. The molecule has 0 bridgehead atoms. The first-order valence-corrected chi connectivity index (χ1v) is 5.00. The maximum atomic E-state index is 9.20. The van der Waals surface area contributed by atoms with Crippen molar-refractivity contribution < 1.29 is 0 Å². The minimum Gasteiger partial charge on any atom is -0.293 e. The van der Waals surface area contributed by atoms with Crippen molar-refractivity contribution in [3.63, 3.8) is 0 Å². The van der Waals surface area contributed by atoms with E-state index in [1.54, 1.807) is 13.1 Å². The molecular weight excluding hydrogens is 188 g/mol. The van der Waals surface area contributed by atoms with E-state index in [0.717, 1.165) is 0 Å². The van der Waals surface area contributed by atoms with Gasteiger partial charge in [0.1, 0.15) is 11.1 Å². The fourth-order valence-corrected chi connectivity index (χ4v) is 2.25. The average Bonchev–Trinajstić information content (AvgIpc) is 2.17. The lowest BCUT2D eigenvalue weighted by molar-refractivity contribution is 0.0668. The summed E-state index contributed by atoms with van der Waals surface area (Å²) in [6, 6.07) is 4.58. The van der Waals surface area contributed by atoms with Gasteiger partial charge in [-0.2, -0.15) is 10.5 Å². The molecule has 4 nitrogen and oxygen atoms in total. The van der Waals surface area contributed by atoms with Gasteiger partial charge >= 0.3 is 0 Å². The molecule has 0 fully saturated rings. The Kier molecular flexibility index (Phi) is 2.83. The Morgan fingerprint density at radius 1 is 1.53 bits per heavy atom. The Hall–Kier alpha value is -1.39. The molecule has 0 spiro atoms. The molecule has 0 radical (unpaired) electrons. The van der Waals surface area contributed by atoms with Crippen molar-refractivity contribution >= 4 is 6.21 Å². The van der Waals surface area contributed by atoms with Crippen LogP contribution in [0, 0.1) is 22.7 Å². The van der Waals surface area contributed by atoms with Crippen LogP contribution >= 0.6 is 0 Å². The van der Waals surface area contributed by atoms with E-state index in [0.29, 0.717) is 6.54 Å². The van der Waals surface area contributed by atoms with Crippen molar-refractivity contribution in [2.45, 2.75) is 44.8 Å². The third-order valence-corrected chi connectivity index (χ3v) is 2.76. The number of nitrogens with zero attached hydrogens (tertiary/aromatic N) is 4. The molecule has 0 amide bonds. The van der Waals surface area contributed by atoms with Gasteiger partial charge in [-0.1, -0.05) is 0 Å². The van der Waals surface area contributed by atoms with E-state index >= 15 is 0 Å². The summed E-state index contributed by atoms with van der Waals surface area (Å²) in [5, 5.41) is 18.4. The summed E-state index contributed by atoms with van der Waals surface area (Å²) >= 11 is 0. The van der Waals surface area contributed by atoms with Crippen LogP contribution in [0.5, 0.6) is 0 Å². The lowest BCUT2D eigenvalue weighted by atomic mass is 9.90. The zero-order valence-electron chi connectivity index (χ0n) is 9.65. The van der Waals surface area contributed by atoms with E-state index in [4.69, 9.17) is 5.26 Å². The molecule has 1 heterocycles. The molecule has 1 aliphatic rings. The highest BCUT2D eigenvalue weighted by Gasteiger charge is 2.45. The van der Waals surface area contributed by atoms with E-state index in [1.165, 1.54) is 0 Å². The lowest BCUT2D eigenvalue weighted by Crippen LogP contribution is -2.62. The third kappa shape index (κ3) is 1.86. The van der Waals surface area contributed by atoms with Gasteiger partial charge in [0.25, 0.3) is 0 Å². The minimum absolute atomic E-state index is 0.106. The number of hydrogen-bond acceptors (Lipinski definition) is 4. The number of hydrogen-bond donors (Lipinski definition) is 0. The summed E-state index contributed by atoms with van der Waals surface area (Å²) in [6.07, 6.45) is 1.64. The van der Waals surface area contributed by atoms with Crippen LogP contribution in [0.1, 0.15) is 27.7 Å². The molecule has 0 saturated carbocycles. The van der Waals surface area contributed by atoms with Crippen LogP contribution in [0.25, 0.3) is 0 Å². The monoisotopic (exact) mass is 204 g/mol. The molecule has 1 aliphatic heterocycles. The highest BCUT2D eigenvalue weighted by molar-refractivity contribution is 5.75. The van der Waals surface area contributed by atoms with Crippen molar-refractivity contribution in [3.8, 4) is 12.1 Å². The summed E-state index contributed by atoms with van der Waals surface area (Å²) < 4.78 is 0. The van der Waals surface area contributed by atoms with E-state index in [1.807, 2.05) is 25.7 Å². The molecule has 1 rings (SSSR count). The van der Waals surface area contributed by atoms with E-state index in [2.05, 4.69) is 17.1 Å². The van der Waals surface area contributed by atoms with E-state index in [9.17, 15) is 5.26 Å². The summed E-state index contributed by atoms with van der Waals surface area (Å²) in [6.45, 7) is 8.09. The zero-order valence-corrected chi connectivity index (χ0v) is 9.65. The standard InChI is InChI=1S/C11H16N4/c1-9-5-14-8-11(4,7-13)15(9)10(2,3)6-12/h8-9H,5H2,1-4H3. The lowest BCUT2D eigenvalue weighted by Gasteiger charge is -2.46. The molecule has 0 aromatic heterocycles. The van der Waals surface area contributed by atoms with E-state index < -0.39 is 11.1 Å². The highest BCUT2D eigenvalue weighted by Crippen LogP contribution is 2.29. The van der Waals surface area contributed by atoms with Crippen LogP contribution in [0.3, 0.4) is 0 Å². The first-order chi connectivity index (χ1) is 6.87. The Morgan fingerprint density at radius 2 is 2.13 bits per heavy atom. The molecule has 0 aromatic rings. The van der Waals surface area contributed by atoms with Gasteiger partial charge in [-0.25, -0.2) is 0 Å². The zero-order chi connectivity index (χ0) is 11.7. The highest BCUT2D eigenvalue weighted by atomic mass is 15.3. The molecule has 4 heteroatoms. The number of aliphatic imine (C=N–C) groups is 1. The average molecular weight is 204 g/mol. The van der Waals surface area contributed by atoms with Gasteiger partial charge in [0.15, 0.2) is 0 Å². The molecule has 0 N–H and O–H groups in total. The first-order valence-electron chi connectivity index (χ1n) is 5.00. The Morgan fingerprint density at radius 3 is 2.60 bits per heavy atom. The normalized spacial score (nSPS) is 32.0. The molecule has 15 heavy (non-hydrogen) atoms. The van der Waals surface area contributed by atoms with Crippen molar-refractivity contribution in [3.05, 3.63) is 0 Å². The van der Waals surface area contributed by atoms with Crippen molar-refractivity contribution in [2.24, 2.45) is 4.99 Å². The smallest absolute Gasteiger partial charge is 0.143 e. The summed E-state index contributed by atoms with van der Waals surface area (Å²) in [5.74, 6) is 0. The largest absolute Gasteiger partial charge is 0.293 e. The molecule has 0 saturated heterocycles. The maximum Gasteiger partial charge on any atom is 0.143 e. The minimum atomic E-state index is -0.781. The predicted octanol–water partition coefficient (Wildman–Crippen LogP) is 1.35. The van der Waals surface area contributed by atoms with Crippen LogP contribution < -0.4 is 0 Å². The Labute approximate surface area is 90.8 Å². The van der Waals surface area contributed by atoms with Crippen LogP contribution in [-0.2, 0) is 0 Å². The van der Waals surface area contributed by atoms with Crippen LogP contribution in [-0.4, -0.2) is 34.8 Å². The van der Waals surface area contributed by atoms with Gasteiger partial charge < -0.3 is 0 Å². The quantitative estimate of drug-likeness (QED) is 0.647. The second kappa shape index (κ2) is 3.64. The predicted molar refractivity (Wildman–Crippen MR) is 58.4 cm³/mol. The fourth-order valence-electron chi connectivity index (χ4n) is 2.25. The summed E-state index contributed by atoms with van der Waals surface area (Å²) in [5.41, 5.74) is -1.44. The van der Waals surface area contributed by atoms with Gasteiger partial charge in [-0.3, -0.25) is 9.89 Å². The molecule has 80 valence electrons. The van der Waals surface area contributed by atoms with Crippen molar-refractivity contribution in [1.29, 1.82) is 10.5 Å². The molecule has 2 unspecified atom stereocenters. The van der Waals surface area contributed by atoms with Crippen LogP contribution in [0.2, 0.25) is 0 Å². The number of rotatable bonds is 1. The molecular formula is C11H16N4. The van der Waals surface area contributed by atoms with Gasteiger partial charge in [-0.15, -0.1) is 0 Å². The van der Waals surface area contributed by atoms with E-state index in [-0.39, 0.29) is 6.04 Å². The number of nitriles is 2. The van der Waals surface area contributed by atoms with Gasteiger partial charge in [0, 0.05) is 12.3 Å². The maximum absolute atomic E-state index is 9.20. The topological polar surface area (TPSA) is 63.2 Å². The van der Waals surface area contributed by atoms with Gasteiger partial charge in [-0.05, 0) is 27.7 Å². The van der Waals surface area contributed by atoms with Crippen LogP contribution in [0.15, 0.2) is 4.99 Å². The summed E-state index contributed by atoms with van der Waals surface area (Å²) in [7, 11) is 0. The molecule has 0 aromatic carbocycles. The van der Waals surface area contributed by atoms with Crippen LogP contribution in [0.4, 0.5) is 0 Å². The van der Waals surface area contributed by atoms with Gasteiger partial charge in [0.2, 0.25) is 0 Å². The molecule has 0 aliphatic carbocycles. The van der Waals surface area contributed by atoms with Crippen molar-refractivity contribution in [1.82, 2.24) is 4.90 Å². The van der Waals surface area contributed by atoms with Crippen molar-refractivity contribution in [2.75, 3.05) is 6.54 Å². The molecule has 2 atom stereocenters. The first kappa shape index (κ1) is 11.7. The summed E-state index contributed by atoms with van der Waals surface area (Å²) in [4.78, 5) is 6.11. The van der Waals surface area contributed by atoms with Gasteiger partial charge in [0.05, 0.1) is 18.7 Å². The second-order valence-electron chi connectivity index (χ2n) is 4.64. The third-order valence-electron chi connectivity index (χ3n) is 2.76. The Balaban J connectivity index is 3.20. The Bertz CT molecular complexity index is 358. The fraction of sp³-hybridized carbons (Fsp3) is 0.727. The second-order valence-corrected chi connectivity index (χ2v) is 4.64.